The lowest BCUT2D eigenvalue weighted by Gasteiger charge is -2.31. The molecule has 0 unspecified atom stereocenters. The van der Waals surface area contributed by atoms with E-state index in [2.05, 4.69) is 10.5 Å². The van der Waals surface area contributed by atoms with Gasteiger partial charge < -0.3 is 14.9 Å². The van der Waals surface area contributed by atoms with Gasteiger partial charge in [-0.2, -0.15) is 0 Å². The summed E-state index contributed by atoms with van der Waals surface area (Å²) in [7, 11) is -4.08. The molecular formula is C20H17N3O5S. The lowest BCUT2D eigenvalue weighted by Crippen LogP contribution is -2.39. The second kappa shape index (κ2) is 7.10. The molecule has 2 aromatic carbocycles. The number of benzene rings is 2. The summed E-state index contributed by atoms with van der Waals surface area (Å²) in [5.74, 6) is -0.654. The van der Waals surface area contributed by atoms with Gasteiger partial charge in [0.1, 0.15) is 5.76 Å². The molecule has 2 heterocycles. The molecule has 148 valence electrons. The van der Waals surface area contributed by atoms with Crippen LogP contribution in [-0.2, 0) is 21.4 Å². The highest BCUT2D eigenvalue weighted by Crippen LogP contribution is 2.36. The normalized spacial score (nSPS) is 15.1. The maximum Gasteiger partial charge on any atom is 0.278 e. The van der Waals surface area contributed by atoms with Crippen LogP contribution in [0.4, 0.5) is 5.82 Å². The molecule has 1 aromatic heterocycles. The van der Waals surface area contributed by atoms with Crippen LogP contribution in [0.3, 0.4) is 0 Å². The molecule has 0 atom stereocenters. The molecular weight excluding hydrogens is 394 g/mol. The van der Waals surface area contributed by atoms with Crippen LogP contribution in [0.15, 0.2) is 75.8 Å². The first-order valence-corrected chi connectivity index (χ1v) is 10.2. The molecule has 1 aliphatic rings. The van der Waals surface area contributed by atoms with Gasteiger partial charge in [-0.25, -0.2) is 8.42 Å². The van der Waals surface area contributed by atoms with Gasteiger partial charge in [0.2, 0.25) is 0 Å². The summed E-state index contributed by atoms with van der Waals surface area (Å²) in [4.78, 5) is 12.9. The van der Waals surface area contributed by atoms with Crippen molar-refractivity contribution >= 4 is 27.5 Å². The van der Waals surface area contributed by atoms with Crippen molar-refractivity contribution in [3.8, 4) is 0 Å². The summed E-state index contributed by atoms with van der Waals surface area (Å²) in [6, 6.07) is 16.3. The molecule has 3 aromatic rings. The quantitative estimate of drug-likeness (QED) is 0.682. The number of sulfonamides is 1. The smallest absolute Gasteiger partial charge is 0.278 e. The minimum Gasteiger partial charge on any atom is -0.505 e. The van der Waals surface area contributed by atoms with E-state index in [4.69, 9.17) is 4.52 Å². The molecule has 8 nitrogen and oxygen atoms in total. The minimum atomic E-state index is -4.08. The van der Waals surface area contributed by atoms with Crippen molar-refractivity contribution in [2.45, 2.75) is 18.4 Å². The van der Waals surface area contributed by atoms with Gasteiger partial charge >= 0.3 is 0 Å². The highest BCUT2D eigenvalue weighted by atomic mass is 32.2. The Morgan fingerprint density at radius 3 is 2.52 bits per heavy atom. The predicted octanol–water partition coefficient (Wildman–Crippen LogP) is 3.05. The van der Waals surface area contributed by atoms with Gasteiger partial charge in [0, 0.05) is 11.6 Å². The molecule has 0 bridgehead atoms. The van der Waals surface area contributed by atoms with Gasteiger partial charge in [0.05, 0.1) is 11.4 Å². The number of hydrogen-bond donors (Lipinski definition) is 2. The second-order valence-corrected chi connectivity index (χ2v) is 8.30. The topological polar surface area (TPSA) is 113 Å². The third-order valence-corrected chi connectivity index (χ3v) is 6.24. The summed E-state index contributed by atoms with van der Waals surface area (Å²) < 4.78 is 32.4. The van der Waals surface area contributed by atoms with E-state index in [0.717, 1.165) is 4.31 Å². The van der Waals surface area contributed by atoms with Crippen LogP contribution < -0.4 is 5.32 Å². The molecule has 0 radical (unpaired) electrons. The maximum absolute atomic E-state index is 13.3. The number of hydrogen-bond acceptors (Lipinski definition) is 6. The molecule has 29 heavy (non-hydrogen) atoms. The Balaban J connectivity index is 1.83. The van der Waals surface area contributed by atoms with Crippen LogP contribution >= 0.6 is 0 Å². The third kappa shape index (κ3) is 3.36. The number of anilines is 1. The zero-order chi connectivity index (χ0) is 20.6. The van der Waals surface area contributed by atoms with E-state index in [1.807, 2.05) is 0 Å². The fourth-order valence-electron chi connectivity index (χ4n) is 3.11. The molecule has 0 aliphatic carbocycles. The number of aryl methyl sites for hydroxylation is 1. The van der Waals surface area contributed by atoms with E-state index in [1.165, 1.54) is 18.2 Å². The van der Waals surface area contributed by atoms with Gasteiger partial charge in [-0.3, -0.25) is 9.10 Å². The number of nitrogens with one attached hydrogen (secondary N) is 1. The summed E-state index contributed by atoms with van der Waals surface area (Å²) in [6.07, 6.45) is 0. The van der Waals surface area contributed by atoms with Crippen molar-refractivity contribution in [2.75, 3.05) is 5.32 Å². The summed E-state index contributed by atoms with van der Waals surface area (Å²) in [6.45, 7) is 1.53. The Labute approximate surface area is 167 Å². The Hall–Kier alpha value is -3.59. The molecule has 2 N–H and O–H groups in total. The van der Waals surface area contributed by atoms with Crippen LogP contribution in [-0.4, -0.2) is 28.9 Å². The molecule has 9 heteroatoms. The van der Waals surface area contributed by atoms with Crippen molar-refractivity contribution < 1.29 is 22.8 Å². The molecule has 1 aliphatic heterocycles. The lowest BCUT2D eigenvalue weighted by atomic mass is 10.1. The van der Waals surface area contributed by atoms with Gasteiger partial charge in [-0.1, -0.05) is 47.6 Å². The first-order chi connectivity index (χ1) is 13.9. The van der Waals surface area contributed by atoms with Crippen molar-refractivity contribution in [2.24, 2.45) is 0 Å². The van der Waals surface area contributed by atoms with Crippen molar-refractivity contribution in [3.05, 3.63) is 83.2 Å². The highest BCUT2D eigenvalue weighted by molar-refractivity contribution is 7.89. The molecule has 0 spiro atoms. The Bertz CT molecular complexity index is 1220. The van der Waals surface area contributed by atoms with Crippen LogP contribution in [0.25, 0.3) is 5.76 Å². The Morgan fingerprint density at radius 1 is 1.14 bits per heavy atom. The van der Waals surface area contributed by atoms with Crippen LogP contribution in [0, 0.1) is 6.92 Å². The Kier molecular flexibility index (Phi) is 4.59. The molecule has 0 saturated carbocycles. The number of aliphatic hydroxyl groups excluding tert-OH is 1. The summed E-state index contributed by atoms with van der Waals surface area (Å²) >= 11 is 0. The minimum absolute atomic E-state index is 0.0674. The van der Waals surface area contributed by atoms with E-state index < -0.39 is 21.7 Å². The number of nitrogens with zero attached hydrogens (tertiary/aromatic N) is 2. The Morgan fingerprint density at radius 2 is 1.83 bits per heavy atom. The maximum atomic E-state index is 13.3. The standard InChI is InChI=1S/C20H17N3O5S/c1-13-11-17(22-28-13)21-20(25)18-19(24)15-9-5-6-10-16(15)29(26,27)23(18)12-14-7-3-2-4-8-14/h2-11,24H,12H2,1H3,(H,21,22,25). The zero-order valence-electron chi connectivity index (χ0n) is 15.4. The highest BCUT2D eigenvalue weighted by Gasteiger charge is 2.40. The predicted molar refractivity (Wildman–Crippen MR) is 105 cm³/mol. The van der Waals surface area contributed by atoms with Crippen LogP contribution in [0.2, 0.25) is 0 Å². The van der Waals surface area contributed by atoms with Crippen molar-refractivity contribution in [1.29, 1.82) is 0 Å². The number of carbonyl (C=O) groups excluding carboxylic acids is 1. The molecule has 0 fully saturated rings. The number of fused-ring (bicyclic) bond motifs is 1. The first kappa shape index (κ1) is 18.8. The van der Waals surface area contributed by atoms with E-state index in [0.29, 0.717) is 11.3 Å². The van der Waals surface area contributed by atoms with E-state index in [9.17, 15) is 18.3 Å². The molecule has 1 amide bonds. The van der Waals surface area contributed by atoms with E-state index in [-0.39, 0.29) is 28.5 Å². The van der Waals surface area contributed by atoms with Crippen LogP contribution in [0.5, 0.6) is 0 Å². The monoisotopic (exact) mass is 411 g/mol. The van der Waals surface area contributed by atoms with Crippen molar-refractivity contribution in [1.82, 2.24) is 9.46 Å². The van der Waals surface area contributed by atoms with Gasteiger partial charge in [0.15, 0.2) is 17.3 Å². The number of amides is 1. The number of aromatic nitrogens is 1. The average Bonchev–Trinajstić information content (AvgIpc) is 3.12. The van der Waals surface area contributed by atoms with Crippen molar-refractivity contribution in [3.63, 3.8) is 0 Å². The third-order valence-electron chi connectivity index (χ3n) is 4.44. The average molecular weight is 411 g/mol. The molecule has 4 rings (SSSR count). The number of carbonyl (C=O) groups is 1. The van der Waals surface area contributed by atoms with Gasteiger partial charge in [-0.05, 0) is 24.6 Å². The summed E-state index contributed by atoms with van der Waals surface area (Å²) in [5, 5.41) is 17.0. The van der Waals surface area contributed by atoms with Crippen LogP contribution in [0.1, 0.15) is 16.9 Å². The first-order valence-electron chi connectivity index (χ1n) is 8.72. The molecule has 0 saturated heterocycles. The SMILES string of the molecule is Cc1cc(NC(=O)C2=C(O)c3ccccc3S(=O)(=O)N2Cc2ccccc2)no1. The second-order valence-electron chi connectivity index (χ2n) is 6.47. The van der Waals surface area contributed by atoms with Gasteiger partial charge in [0.25, 0.3) is 15.9 Å². The fourth-order valence-corrected chi connectivity index (χ4v) is 4.77. The largest absolute Gasteiger partial charge is 0.505 e. The van der Waals surface area contributed by atoms with E-state index in [1.54, 1.807) is 49.4 Å². The fraction of sp³-hybridized carbons (Fsp3) is 0.100. The van der Waals surface area contributed by atoms with E-state index >= 15 is 0 Å². The number of aliphatic hydroxyl groups is 1. The van der Waals surface area contributed by atoms with Gasteiger partial charge in [-0.15, -0.1) is 0 Å². The number of rotatable bonds is 4. The lowest BCUT2D eigenvalue weighted by molar-refractivity contribution is -0.113. The summed E-state index contributed by atoms with van der Waals surface area (Å²) in [5.41, 5.74) is 0.345. The zero-order valence-corrected chi connectivity index (χ0v) is 16.2.